The first-order valence-corrected chi connectivity index (χ1v) is 7.00. The third-order valence-electron chi connectivity index (χ3n) is 3.79. The number of rotatable bonds is 3. The summed E-state index contributed by atoms with van der Waals surface area (Å²) in [7, 11) is 0. The second-order valence-corrected chi connectivity index (χ2v) is 5.23. The number of nitrogens with zero attached hydrogens (tertiary/aromatic N) is 3. The van der Waals surface area contributed by atoms with Gasteiger partial charge in [-0.2, -0.15) is 0 Å². The molecule has 23 heavy (non-hydrogen) atoms. The first-order chi connectivity index (χ1) is 11.0. The smallest absolute Gasteiger partial charge is 0.358 e. The van der Waals surface area contributed by atoms with Gasteiger partial charge in [0.05, 0.1) is 5.69 Å². The minimum Gasteiger partial charge on any atom is -0.476 e. The molecule has 0 spiro atoms. The summed E-state index contributed by atoms with van der Waals surface area (Å²) in [5, 5.41) is 17.2. The van der Waals surface area contributed by atoms with Crippen LogP contribution in [0.15, 0.2) is 42.5 Å². The molecule has 0 fully saturated rings. The van der Waals surface area contributed by atoms with Crippen LogP contribution < -0.4 is 0 Å². The van der Waals surface area contributed by atoms with Crippen LogP contribution in [-0.4, -0.2) is 26.1 Å². The van der Waals surface area contributed by atoms with Gasteiger partial charge >= 0.3 is 5.97 Å². The monoisotopic (exact) mass is 311 g/mol. The van der Waals surface area contributed by atoms with Gasteiger partial charge in [-0.25, -0.2) is 13.9 Å². The highest BCUT2D eigenvalue weighted by atomic mass is 19.1. The lowest BCUT2D eigenvalue weighted by atomic mass is 10.1. The number of benzene rings is 2. The van der Waals surface area contributed by atoms with Crippen LogP contribution in [0.2, 0.25) is 0 Å². The van der Waals surface area contributed by atoms with E-state index in [2.05, 4.69) is 10.3 Å². The summed E-state index contributed by atoms with van der Waals surface area (Å²) in [4.78, 5) is 11.5. The summed E-state index contributed by atoms with van der Waals surface area (Å²) in [5.74, 6) is -1.57. The number of hydrogen-bond donors (Lipinski definition) is 1. The van der Waals surface area contributed by atoms with Gasteiger partial charge in [-0.1, -0.05) is 17.3 Å². The van der Waals surface area contributed by atoms with Crippen molar-refractivity contribution in [3.05, 3.63) is 65.1 Å². The normalized spacial score (nSPS) is 10.7. The van der Waals surface area contributed by atoms with E-state index in [-0.39, 0.29) is 5.69 Å². The highest BCUT2D eigenvalue weighted by Crippen LogP contribution is 2.27. The molecule has 5 nitrogen and oxygen atoms in total. The van der Waals surface area contributed by atoms with E-state index >= 15 is 0 Å². The molecular weight excluding hydrogens is 297 g/mol. The molecule has 0 unspecified atom stereocenters. The number of carboxylic acids is 1. The van der Waals surface area contributed by atoms with Crippen molar-refractivity contribution in [2.45, 2.75) is 13.8 Å². The third kappa shape index (κ3) is 2.59. The minimum atomic E-state index is -1.18. The molecule has 116 valence electrons. The molecule has 2 aromatic carbocycles. The van der Waals surface area contributed by atoms with Crippen molar-refractivity contribution in [2.24, 2.45) is 0 Å². The molecule has 1 aromatic heterocycles. The van der Waals surface area contributed by atoms with Crippen LogP contribution in [0.3, 0.4) is 0 Å². The van der Waals surface area contributed by atoms with E-state index < -0.39 is 11.8 Å². The van der Waals surface area contributed by atoms with Crippen molar-refractivity contribution in [1.29, 1.82) is 0 Å². The van der Waals surface area contributed by atoms with E-state index in [1.165, 1.54) is 28.9 Å². The van der Waals surface area contributed by atoms with E-state index in [1.807, 2.05) is 32.0 Å². The van der Waals surface area contributed by atoms with Crippen molar-refractivity contribution in [1.82, 2.24) is 15.0 Å². The highest BCUT2D eigenvalue weighted by Gasteiger charge is 2.22. The van der Waals surface area contributed by atoms with Gasteiger partial charge in [0.25, 0.3) is 0 Å². The quantitative estimate of drug-likeness (QED) is 0.805. The Bertz CT molecular complexity index is 885. The molecule has 3 rings (SSSR count). The fraction of sp³-hybridized carbons (Fsp3) is 0.118. The molecular formula is C17H14FN3O2. The molecule has 0 aliphatic rings. The number of aromatic nitrogens is 3. The predicted octanol–water partition coefficient (Wildman–Crippen LogP) is 3.39. The molecule has 3 aromatic rings. The fourth-order valence-electron chi connectivity index (χ4n) is 2.43. The Morgan fingerprint density at radius 1 is 1.13 bits per heavy atom. The summed E-state index contributed by atoms with van der Waals surface area (Å²) < 4.78 is 14.7. The van der Waals surface area contributed by atoms with Crippen molar-refractivity contribution in [2.75, 3.05) is 0 Å². The number of aromatic carboxylic acids is 1. The molecule has 0 atom stereocenters. The van der Waals surface area contributed by atoms with Crippen molar-refractivity contribution < 1.29 is 14.3 Å². The Kier molecular flexibility index (Phi) is 3.65. The lowest BCUT2D eigenvalue weighted by Gasteiger charge is -2.11. The van der Waals surface area contributed by atoms with E-state index in [9.17, 15) is 14.3 Å². The molecule has 0 amide bonds. The van der Waals surface area contributed by atoms with Crippen molar-refractivity contribution >= 4 is 5.97 Å². The first kappa shape index (κ1) is 14.9. The van der Waals surface area contributed by atoms with E-state index in [0.29, 0.717) is 11.3 Å². The van der Waals surface area contributed by atoms with Crippen LogP contribution in [0.5, 0.6) is 0 Å². The van der Waals surface area contributed by atoms with Crippen LogP contribution in [-0.2, 0) is 0 Å². The number of aryl methyl sites for hydroxylation is 1. The van der Waals surface area contributed by atoms with Gasteiger partial charge in [-0.05, 0) is 55.3 Å². The zero-order chi connectivity index (χ0) is 16.6. The molecule has 0 aliphatic heterocycles. The molecule has 1 heterocycles. The molecule has 0 saturated carbocycles. The van der Waals surface area contributed by atoms with Crippen LogP contribution in [0.4, 0.5) is 4.39 Å². The Labute approximate surface area is 132 Å². The van der Waals surface area contributed by atoms with Gasteiger partial charge in [0.15, 0.2) is 5.69 Å². The van der Waals surface area contributed by atoms with E-state index in [0.717, 1.165) is 16.8 Å². The zero-order valence-corrected chi connectivity index (χ0v) is 12.6. The maximum absolute atomic E-state index is 13.2. The lowest BCUT2D eigenvalue weighted by Crippen LogP contribution is -2.05. The second-order valence-electron chi connectivity index (χ2n) is 5.23. The summed E-state index contributed by atoms with van der Waals surface area (Å²) in [6.07, 6.45) is 0. The first-order valence-electron chi connectivity index (χ1n) is 7.00. The predicted molar refractivity (Wildman–Crippen MR) is 83.2 cm³/mol. The third-order valence-corrected chi connectivity index (χ3v) is 3.79. The second kappa shape index (κ2) is 5.64. The Balaban J connectivity index is 2.28. The highest BCUT2D eigenvalue weighted by molar-refractivity contribution is 5.93. The zero-order valence-electron chi connectivity index (χ0n) is 12.6. The van der Waals surface area contributed by atoms with E-state index in [4.69, 9.17) is 0 Å². The van der Waals surface area contributed by atoms with Gasteiger partial charge in [-0.15, -0.1) is 5.10 Å². The van der Waals surface area contributed by atoms with Crippen LogP contribution in [0, 0.1) is 19.7 Å². The van der Waals surface area contributed by atoms with Gasteiger partial charge in [0, 0.05) is 5.56 Å². The Hall–Kier alpha value is -3.02. The van der Waals surface area contributed by atoms with Gasteiger partial charge in [-0.3, -0.25) is 0 Å². The largest absolute Gasteiger partial charge is 0.476 e. The summed E-state index contributed by atoms with van der Waals surface area (Å²) >= 11 is 0. The number of halogens is 1. The van der Waals surface area contributed by atoms with Gasteiger partial charge < -0.3 is 5.11 Å². The maximum Gasteiger partial charge on any atom is 0.358 e. The Morgan fingerprint density at radius 2 is 1.83 bits per heavy atom. The summed E-state index contributed by atoms with van der Waals surface area (Å²) in [5.41, 5.74) is 3.46. The fourth-order valence-corrected chi connectivity index (χ4v) is 2.43. The molecule has 6 heteroatoms. The topological polar surface area (TPSA) is 68.0 Å². The Morgan fingerprint density at radius 3 is 2.48 bits per heavy atom. The summed E-state index contributed by atoms with van der Waals surface area (Å²) in [6, 6.07) is 11.3. The van der Waals surface area contributed by atoms with Crippen molar-refractivity contribution in [3.63, 3.8) is 0 Å². The van der Waals surface area contributed by atoms with Crippen LogP contribution >= 0.6 is 0 Å². The molecule has 0 aliphatic carbocycles. The van der Waals surface area contributed by atoms with Gasteiger partial charge in [0.2, 0.25) is 0 Å². The number of hydrogen-bond acceptors (Lipinski definition) is 3. The average molecular weight is 311 g/mol. The van der Waals surface area contributed by atoms with Crippen LogP contribution in [0.25, 0.3) is 16.9 Å². The summed E-state index contributed by atoms with van der Waals surface area (Å²) in [6.45, 7) is 3.90. The number of carboxylic acid groups (broad SMARTS) is 1. The maximum atomic E-state index is 13.2. The molecule has 1 N–H and O–H groups in total. The molecule has 0 bridgehead atoms. The van der Waals surface area contributed by atoms with Gasteiger partial charge in [0.1, 0.15) is 11.5 Å². The standard InChI is InChI=1S/C17H14FN3O2/c1-10-4-3-5-14(11(10)2)21-16(15(17(22)23)19-20-21)12-6-8-13(18)9-7-12/h3-9H,1-2H3,(H,22,23). The number of carbonyl (C=O) groups is 1. The van der Waals surface area contributed by atoms with E-state index in [1.54, 1.807) is 0 Å². The van der Waals surface area contributed by atoms with Crippen LogP contribution in [0.1, 0.15) is 21.6 Å². The molecule has 0 radical (unpaired) electrons. The lowest BCUT2D eigenvalue weighted by molar-refractivity contribution is 0.0691. The molecule has 0 saturated heterocycles. The average Bonchev–Trinajstić information content (AvgIpc) is 2.96. The SMILES string of the molecule is Cc1cccc(-n2nnc(C(=O)O)c2-c2ccc(F)cc2)c1C. The van der Waals surface area contributed by atoms with Crippen molar-refractivity contribution in [3.8, 4) is 16.9 Å². The minimum absolute atomic E-state index is 0.169.